The Morgan fingerprint density at radius 2 is 2.00 bits per heavy atom. The van der Waals surface area contributed by atoms with Gasteiger partial charge in [-0.25, -0.2) is 4.39 Å². The second-order valence-electron chi connectivity index (χ2n) is 4.44. The largest absolute Gasteiger partial charge is 0.506 e. The van der Waals surface area contributed by atoms with E-state index in [2.05, 4.69) is 10.3 Å². The highest BCUT2D eigenvalue weighted by Crippen LogP contribution is 2.14. The zero-order valence-corrected chi connectivity index (χ0v) is 10.9. The number of pyridine rings is 1. The van der Waals surface area contributed by atoms with Crippen LogP contribution in [-0.2, 0) is 13.0 Å². The molecule has 1 aromatic heterocycles. The molecule has 19 heavy (non-hydrogen) atoms. The van der Waals surface area contributed by atoms with Gasteiger partial charge in [0.15, 0.2) is 0 Å². The summed E-state index contributed by atoms with van der Waals surface area (Å²) >= 11 is 0. The van der Waals surface area contributed by atoms with Crippen molar-refractivity contribution >= 4 is 0 Å². The molecule has 1 aromatic carbocycles. The van der Waals surface area contributed by atoms with E-state index in [1.807, 2.05) is 13.0 Å². The van der Waals surface area contributed by atoms with E-state index in [0.717, 1.165) is 5.69 Å². The van der Waals surface area contributed by atoms with Gasteiger partial charge in [-0.1, -0.05) is 18.2 Å². The summed E-state index contributed by atoms with van der Waals surface area (Å²) in [5, 5.41) is 12.8. The van der Waals surface area contributed by atoms with Crippen LogP contribution in [0.4, 0.5) is 4.39 Å². The van der Waals surface area contributed by atoms with Gasteiger partial charge in [0.1, 0.15) is 11.6 Å². The van der Waals surface area contributed by atoms with Gasteiger partial charge in [-0.05, 0) is 43.7 Å². The summed E-state index contributed by atoms with van der Waals surface area (Å²) in [6.45, 7) is 2.99. The fraction of sp³-hybridized carbons (Fsp3) is 0.267. The Bertz CT molecular complexity index is 558. The van der Waals surface area contributed by atoms with Gasteiger partial charge in [-0.2, -0.15) is 0 Å². The first-order chi connectivity index (χ1) is 9.16. The third kappa shape index (κ3) is 3.76. The van der Waals surface area contributed by atoms with Gasteiger partial charge >= 0.3 is 0 Å². The molecule has 0 fully saturated rings. The molecule has 0 amide bonds. The van der Waals surface area contributed by atoms with Gasteiger partial charge in [-0.3, -0.25) is 4.98 Å². The summed E-state index contributed by atoms with van der Waals surface area (Å²) in [5.74, 6) is 0.00446. The number of nitrogens with one attached hydrogen (secondary N) is 1. The Morgan fingerprint density at radius 3 is 2.79 bits per heavy atom. The highest BCUT2D eigenvalue weighted by atomic mass is 19.1. The lowest BCUT2D eigenvalue weighted by molar-refractivity contribution is 0.459. The topological polar surface area (TPSA) is 45.1 Å². The first-order valence-corrected chi connectivity index (χ1v) is 6.26. The van der Waals surface area contributed by atoms with E-state index < -0.39 is 0 Å². The molecule has 2 aromatic rings. The van der Waals surface area contributed by atoms with Crippen molar-refractivity contribution in [2.24, 2.45) is 0 Å². The lowest BCUT2D eigenvalue weighted by atomic mass is 10.1. The Labute approximate surface area is 112 Å². The number of aryl methyl sites for hydroxylation is 1. The Kier molecular flexibility index (Phi) is 4.47. The minimum Gasteiger partial charge on any atom is -0.506 e. The minimum atomic E-state index is -0.180. The van der Waals surface area contributed by atoms with Crippen molar-refractivity contribution in [1.82, 2.24) is 10.3 Å². The lowest BCUT2D eigenvalue weighted by Crippen LogP contribution is -2.18. The van der Waals surface area contributed by atoms with E-state index in [-0.39, 0.29) is 11.6 Å². The van der Waals surface area contributed by atoms with Crippen LogP contribution in [0.3, 0.4) is 0 Å². The molecule has 4 heteroatoms. The third-order valence-electron chi connectivity index (χ3n) is 2.91. The monoisotopic (exact) mass is 260 g/mol. The van der Waals surface area contributed by atoms with Crippen LogP contribution in [0.5, 0.6) is 5.75 Å². The predicted molar refractivity (Wildman–Crippen MR) is 72.4 cm³/mol. The number of halogens is 1. The molecule has 0 saturated carbocycles. The summed E-state index contributed by atoms with van der Waals surface area (Å²) in [4.78, 5) is 4.25. The average Bonchev–Trinajstić information content (AvgIpc) is 2.40. The van der Waals surface area contributed by atoms with Gasteiger partial charge in [0.2, 0.25) is 0 Å². The molecular weight excluding hydrogens is 243 g/mol. The average molecular weight is 260 g/mol. The van der Waals surface area contributed by atoms with Crippen LogP contribution in [0.15, 0.2) is 36.4 Å². The van der Waals surface area contributed by atoms with Crippen LogP contribution in [0.1, 0.15) is 17.0 Å². The van der Waals surface area contributed by atoms with Crippen molar-refractivity contribution in [3.8, 4) is 5.75 Å². The molecule has 2 N–H and O–H groups in total. The van der Waals surface area contributed by atoms with Gasteiger partial charge in [0.05, 0.1) is 5.69 Å². The van der Waals surface area contributed by atoms with Crippen molar-refractivity contribution in [3.63, 3.8) is 0 Å². The summed E-state index contributed by atoms with van der Waals surface area (Å²) in [5.41, 5.74) is 2.17. The number of hydrogen-bond donors (Lipinski definition) is 2. The van der Waals surface area contributed by atoms with Crippen LogP contribution < -0.4 is 5.32 Å². The lowest BCUT2D eigenvalue weighted by Gasteiger charge is -2.07. The van der Waals surface area contributed by atoms with Crippen molar-refractivity contribution in [2.45, 2.75) is 19.9 Å². The molecule has 2 rings (SSSR count). The second kappa shape index (κ2) is 6.29. The van der Waals surface area contributed by atoms with Crippen LogP contribution in [0.25, 0.3) is 0 Å². The summed E-state index contributed by atoms with van der Waals surface area (Å²) in [7, 11) is 0. The predicted octanol–water partition coefficient (Wildman–Crippen LogP) is 2.57. The molecule has 0 bridgehead atoms. The first-order valence-electron chi connectivity index (χ1n) is 6.26. The quantitative estimate of drug-likeness (QED) is 0.812. The van der Waals surface area contributed by atoms with Gasteiger partial charge in [0, 0.05) is 12.2 Å². The van der Waals surface area contributed by atoms with Crippen molar-refractivity contribution in [1.29, 1.82) is 0 Å². The molecule has 0 spiro atoms. The highest BCUT2D eigenvalue weighted by Gasteiger charge is 2.03. The number of nitrogens with zero attached hydrogens (tertiary/aromatic N) is 1. The molecule has 1 heterocycles. The van der Waals surface area contributed by atoms with Crippen LogP contribution in [-0.4, -0.2) is 16.6 Å². The highest BCUT2D eigenvalue weighted by molar-refractivity contribution is 5.27. The fourth-order valence-corrected chi connectivity index (χ4v) is 1.86. The van der Waals surface area contributed by atoms with Gasteiger partial charge < -0.3 is 10.4 Å². The smallest absolute Gasteiger partial charge is 0.138 e. The molecule has 0 aliphatic heterocycles. The number of aromatic nitrogens is 1. The maximum atomic E-state index is 13.4. The van der Waals surface area contributed by atoms with Crippen LogP contribution >= 0.6 is 0 Å². The van der Waals surface area contributed by atoms with Crippen LogP contribution in [0.2, 0.25) is 0 Å². The molecule has 0 saturated heterocycles. The molecule has 0 atom stereocenters. The zero-order valence-electron chi connectivity index (χ0n) is 10.9. The number of hydrogen-bond acceptors (Lipinski definition) is 3. The Hall–Kier alpha value is -1.94. The summed E-state index contributed by atoms with van der Waals surface area (Å²) in [6.07, 6.45) is 0.610. The van der Waals surface area contributed by atoms with E-state index >= 15 is 0 Å². The van der Waals surface area contributed by atoms with Crippen molar-refractivity contribution < 1.29 is 9.50 Å². The van der Waals surface area contributed by atoms with E-state index in [0.29, 0.717) is 30.8 Å². The second-order valence-corrected chi connectivity index (χ2v) is 4.44. The number of aromatic hydroxyl groups is 1. The zero-order chi connectivity index (χ0) is 13.7. The summed E-state index contributed by atoms with van der Waals surface area (Å²) < 4.78 is 13.4. The molecular formula is C15H17FN2O. The van der Waals surface area contributed by atoms with Crippen LogP contribution in [0, 0.1) is 12.7 Å². The molecule has 0 aliphatic rings. The minimum absolute atomic E-state index is 0.180. The van der Waals surface area contributed by atoms with Crippen molar-refractivity contribution in [3.05, 3.63) is 59.2 Å². The maximum Gasteiger partial charge on any atom is 0.138 e. The van der Waals surface area contributed by atoms with Gasteiger partial charge in [-0.15, -0.1) is 0 Å². The van der Waals surface area contributed by atoms with Crippen molar-refractivity contribution in [2.75, 3.05) is 6.54 Å². The number of benzene rings is 1. The third-order valence-corrected chi connectivity index (χ3v) is 2.91. The molecule has 3 nitrogen and oxygen atoms in total. The Balaban J connectivity index is 1.84. The van der Waals surface area contributed by atoms with E-state index in [1.165, 1.54) is 6.07 Å². The van der Waals surface area contributed by atoms with E-state index in [9.17, 15) is 9.50 Å². The SMILES string of the molecule is Cc1ccc(O)c(CNCCc2ccccc2F)n1. The number of rotatable bonds is 5. The fourth-order valence-electron chi connectivity index (χ4n) is 1.86. The molecule has 100 valence electrons. The van der Waals surface area contributed by atoms with E-state index in [1.54, 1.807) is 24.3 Å². The standard InChI is InChI=1S/C15H17FN2O/c1-11-6-7-15(19)14(18-11)10-17-9-8-12-4-2-3-5-13(12)16/h2-7,17,19H,8-10H2,1H3. The maximum absolute atomic E-state index is 13.4. The molecule has 0 radical (unpaired) electrons. The van der Waals surface area contributed by atoms with Gasteiger partial charge in [0.25, 0.3) is 0 Å². The van der Waals surface area contributed by atoms with E-state index in [4.69, 9.17) is 0 Å². The molecule has 0 aliphatic carbocycles. The Morgan fingerprint density at radius 1 is 1.21 bits per heavy atom. The summed E-state index contributed by atoms with van der Waals surface area (Å²) in [6, 6.07) is 10.1. The molecule has 0 unspecified atom stereocenters. The normalized spacial score (nSPS) is 10.6. The first kappa shape index (κ1) is 13.5.